The quantitative estimate of drug-likeness (QED) is 0.525. The van der Waals surface area contributed by atoms with Crippen LogP contribution in [0, 0.1) is 20.8 Å². The smallest absolute Gasteiger partial charge is 0.192 e. The number of hydrogen-bond donors (Lipinski definition) is 0. The minimum absolute atomic E-state index is 0.381. The third-order valence-electron chi connectivity index (χ3n) is 4.58. The molecule has 2 aromatic heterocycles. The van der Waals surface area contributed by atoms with Gasteiger partial charge in [0.15, 0.2) is 11.5 Å². The average molecular weight is 348 g/mol. The van der Waals surface area contributed by atoms with Crippen molar-refractivity contribution in [2.75, 3.05) is 7.11 Å². The SMILES string of the molecule is COc1ccc2ccc(COc3ccc4nc(C)oc4c3C)nc2c1C. The number of aryl methyl sites for hydroxylation is 3. The Hall–Kier alpha value is -3.08. The molecule has 5 nitrogen and oxygen atoms in total. The number of nitrogens with zero attached hydrogens (tertiary/aromatic N) is 2. The first kappa shape index (κ1) is 16.4. The van der Waals surface area contributed by atoms with Gasteiger partial charge in [-0.2, -0.15) is 0 Å². The minimum Gasteiger partial charge on any atom is -0.496 e. The second kappa shape index (κ2) is 6.33. The van der Waals surface area contributed by atoms with Gasteiger partial charge in [0.1, 0.15) is 23.6 Å². The van der Waals surface area contributed by atoms with Gasteiger partial charge in [-0.3, -0.25) is 0 Å². The van der Waals surface area contributed by atoms with Gasteiger partial charge < -0.3 is 13.9 Å². The molecule has 0 aliphatic rings. The van der Waals surface area contributed by atoms with Crippen LogP contribution < -0.4 is 9.47 Å². The fourth-order valence-corrected chi connectivity index (χ4v) is 3.18. The monoisotopic (exact) mass is 348 g/mol. The number of benzene rings is 2. The highest BCUT2D eigenvalue weighted by Crippen LogP contribution is 2.29. The van der Waals surface area contributed by atoms with Gasteiger partial charge in [-0.25, -0.2) is 9.97 Å². The number of fused-ring (bicyclic) bond motifs is 2. The first-order chi connectivity index (χ1) is 12.6. The molecule has 0 unspecified atom stereocenters. The van der Waals surface area contributed by atoms with Gasteiger partial charge in [-0.15, -0.1) is 0 Å². The molecule has 4 rings (SSSR count). The molecule has 26 heavy (non-hydrogen) atoms. The molecule has 0 amide bonds. The number of ether oxygens (including phenoxy) is 2. The van der Waals surface area contributed by atoms with E-state index >= 15 is 0 Å². The molecule has 0 fully saturated rings. The molecule has 0 aliphatic carbocycles. The van der Waals surface area contributed by atoms with Crippen molar-refractivity contribution in [1.82, 2.24) is 9.97 Å². The van der Waals surface area contributed by atoms with E-state index in [2.05, 4.69) is 11.1 Å². The Balaban J connectivity index is 1.63. The zero-order valence-corrected chi connectivity index (χ0v) is 15.3. The van der Waals surface area contributed by atoms with Crippen molar-refractivity contribution in [1.29, 1.82) is 0 Å². The van der Waals surface area contributed by atoms with Crippen LogP contribution in [-0.2, 0) is 6.61 Å². The Bertz CT molecular complexity index is 1120. The van der Waals surface area contributed by atoms with Crippen LogP contribution in [0.3, 0.4) is 0 Å². The summed E-state index contributed by atoms with van der Waals surface area (Å²) < 4.78 is 17.1. The van der Waals surface area contributed by atoms with E-state index in [1.54, 1.807) is 7.11 Å². The van der Waals surface area contributed by atoms with E-state index in [1.807, 2.05) is 51.1 Å². The molecule has 5 heteroatoms. The third-order valence-corrected chi connectivity index (χ3v) is 4.58. The molecule has 0 bridgehead atoms. The number of pyridine rings is 1. The first-order valence-corrected chi connectivity index (χ1v) is 8.49. The predicted octanol–water partition coefficient (Wildman–Crippen LogP) is 4.89. The van der Waals surface area contributed by atoms with Gasteiger partial charge in [-0.05, 0) is 44.2 Å². The fraction of sp³-hybridized carbons (Fsp3) is 0.238. The lowest BCUT2D eigenvalue weighted by Crippen LogP contribution is -2.01. The molecule has 4 aromatic rings. The van der Waals surface area contributed by atoms with Crippen LogP contribution in [0.1, 0.15) is 22.7 Å². The zero-order chi connectivity index (χ0) is 18.3. The summed E-state index contributed by atoms with van der Waals surface area (Å²) in [5.41, 5.74) is 5.39. The van der Waals surface area contributed by atoms with Crippen molar-refractivity contribution < 1.29 is 13.9 Å². The third kappa shape index (κ3) is 2.75. The summed E-state index contributed by atoms with van der Waals surface area (Å²) in [6.45, 7) is 6.22. The van der Waals surface area contributed by atoms with Gasteiger partial charge >= 0.3 is 0 Å². The van der Waals surface area contributed by atoms with Crippen LogP contribution >= 0.6 is 0 Å². The number of methoxy groups -OCH3 is 1. The van der Waals surface area contributed by atoms with Crippen molar-refractivity contribution in [2.24, 2.45) is 0 Å². The van der Waals surface area contributed by atoms with Gasteiger partial charge in [0.2, 0.25) is 0 Å². The Morgan fingerprint density at radius 1 is 0.885 bits per heavy atom. The molecule has 0 radical (unpaired) electrons. The Morgan fingerprint density at radius 2 is 1.65 bits per heavy atom. The Labute approximate surface area is 151 Å². The summed E-state index contributed by atoms with van der Waals surface area (Å²) in [4.78, 5) is 9.10. The van der Waals surface area contributed by atoms with Crippen molar-refractivity contribution in [2.45, 2.75) is 27.4 Å². The van der Waals surface area contributed by atoms with E-state index in [0.717, 1.165) is 50.3 Å². The molecule has 132 valence electrons. The summed E-state index contributed by atoms with van der Waals surface area (Å²) in [6.07, 6.45) is 0. The van der Waals surface area contributed by atoms with Gasteiger partial charge in [0.25, 0.3) is 0 Å². The van der Waals surface area contributed by atoms with Crippen LogP contribution in [-0.4, -0.2) is 17.1 Å². The van der Waals surface area contributed by atoms with Crippen molar-refractivity contribution in [3.05, 3.63) is 59.1 Å². The molecular weight excluding hydrogens is 328 g/mol. The maximum absolute atomic E-state index is 6.00. The largest absolute Gasteiger partial charge is 0.496 e. The zero-order valence-electron chi connectivity index (χ0n) is 15.3. The number of oxazole rings is 1. The van der Waals surface area contributed by atoms with E-state index in [1.165, 1.54) is 0 Å². The lowest BCUT2D eigenvalue weighted by Gasteiger charge is -2.11. The number of rotatable bonds is 4. The molecule has 0 N–H and O–H groups in total. The van der Waals surface area contributed by atoms with E-state index in [4.69, 9.17) is 18.9 Å². The van der Waals surface area contributed by atoms with Crippen LogP contribution in [0.4, 0.5) is 0 Å². The lowest BCUT2D eigenvalue weighted by atomic mass is 10.1. The van der Waals surface area contributed by atoms with E-state index in [-0.39, 0.29) is 0 Å². The Morgan fingerprint density at radius 3 is 2.46 bits per heavy atom. The van der Waals surface area contributed by atoms with Gasteiger partial charge in [-0.1, -0.05) is 6.07 Å². The molecule has 0 saturated carbocycles. The molecule has 0 spiro atoms. The predicted molar refractivity (Wildman–Crippen MR) is 101 cm³/mol. The second-order valence-corrected chi connectivity index (χ2v) is 6.33. The van der Waals surface area contributed by atoms with Crippen molar-refractivity contribution in [3.63, 3.8) is 0 Å². The highest BCUT2D eigenvalue weighted by Gasteiger charge is 2.11. The van der Waals surface area contributed by atoms with E-state index in [0.29, 0.717) is 12.5 Å². The maximum atomic E-state index is 6.00. The normalized spacial score (nSPS) is 11.2. The highest BCUT2D eigenvalue weighted by atomic mass is 16.5. The molecule has 0 aliphatic heterocycles. The van der Waals surface area contributed by atoms with Crippen LogP contribution in [0.15, 0.2) is 40.8 Å². The van der Waals surface area contributed by atoms with Gasteiger partial charge in [0, 0.05) is 23.4 Å². The standard InChI is InChI=1S/C21H20N2O3/c1-12-18(24-4)9-6-15-5-7-16(23-20(12)15)11-25-19-10-8-17-21(13(19)2)26-14(3)22-17/h5-10H,11H2,1-4H3. The van der Waals surface area contributed by atoms with Gasteiger partial charge in [0.05, 0.1) is 18.3 Å². The molecule has 0 saturated heterocycles. The summed E-state index contributed by atoms with van der Waals surface area (Å²) in [5.74, 6) is 2.27. The molecule has 2 aromatic carbocycles. The van der Waals surface area contributed by atoms with Crippen LogP contribution in [0.5, 0.6) is 11.5 Å². The maximum Gasteiger partial charge on any atom is 0.192 e. The van der Waals surface area contributed by atoms with E-state index < -0.39 is 0 Å². The summed E-state index contributed by atoms with van der Waals surface area (Å²) >= 11 is 0. The van der Waals surface area contributed by atoms with Crippen LogP contribution in [0.2, 0.25) is 0 Å². The topological polar surface area (TPSA) is 57.4 Å². The average Bonchev–Trinajstić information content (AvgIpc) is 3.03. The van der Waals surface area contributed by atoms with Crippen LogP contribution in [0.25, 0.3) is 22.0 Å². The van der Waals surface area contributed by atoms with E-state index in [9.17, 15) is 0 Å². The summed E-state index contributed by atoms with van der Waals surface area (Å²) in [6, 6.07) is 11.9. The minimum atomic E-state index is 0.381. The fourth-order valence-electron chi connectivity index (χ4n) is 3.18. The first-order valence-electron chi connectivity index (χ1n) is 8.49. The number of hydrogen-bond acceptors (Lipinski definition) is 5. The van der Waals surface area contributed by atoms with Crippen molar-refractivity contribution in [3.8, 4) is 11.5 Å². The molecular formula is C21H20N2O3. The van der Waals surface area contributed by atoms with Crippen molar-refractivity contribution >= 4 is 22.0 Å². The summed E-state index contributed by atoms with van der Waals surface area (Å²) in [5, 5.41) is 1.08. The number of aromatic nitrogens is 2. The molecule has 0 atom stereocenters. The second-order valence-electron chi connectivity index (χ2n) is 6.33. The lowest BCUT2D eigenvalue weighted by molar-refractivity contribution is 0.299. The molecule has 2 heterocycles. The summed E-state index contributed by atoms with van der Waals surface area (Å²) in [7, 11) is 1.67. The highest BCUT2D eigenvalue weighted by molar-refractivity contribution is 5.84. The Kier molecular flexibility index (Phi) is 3.99.